The zero-order chi connectivity index (χ0) is 17.4. The molecule has 5 heteroatoms. The molecule has 1 N–H and O–H groups in total. The highest BCUT2D eigenvalue weighted by atomic mass is 35.5. The Morgan fingerprint density at radius 3 is 2.56 bits per heavy atom. The molecule has 1 fully saturated rings. The van der Waals surface area contributed by atoms with Crippen LogP contribution >= 0.6 is 11.6 Å². The number of hydrogen-bond acceptors (Lipinski definition) is 2. The van der Waals surface area contributed by atoms with Gasteiger partial charge in [-0.25, -0.2) is 8.78 Å². The monoisotopic (exact) mass is 363 g/mol. The average Bonchev–Trinajstić information content (AvgIpc) is 3.19. The molecule has 2 aliphatic carbocycles. The minimum absolute atomic E-state index is 0.0920. The summed E-state index contributed by atoms with van der Waals surface area (Å²) < 4.78 is 34.5. The first-order valence-electron chi connectivity index (χ1n) is 8.77. The van der Waals surface area contributed by atoms with Crippen molar-refractivity contribution in [3.05, 3.63) is 64.2 Å². The van der Waals surface area contributed by atoms with E-state index in [-0.39, 0.29) is 17.6 Å². The van der Waals surface area contributed by atoms with Crippen molar-refractivity contribution in [1.29, 1.82) is 0 Å². The Balaban J connectivity index is 1.66. The SMILES string of the molecule is Fc1ccccc1O[C@H]1c2cc(Cl)cc(F)c2C[C@@H]1NC1CCCC1. The molecule has 2 aromatic carbocycles. The van der Waals surface area contributed by atoms with Crippen molar-refractivity contribution in [2.24, 2.45) is 0 Å². The highest BCUT2D eigenvalue weighted by molar-refractivity contribution is 6.30. The quantitative estimate of drug-likeness (QED) is 0.806. The minimum Gasteiger partial charge on any atom is -0.481 e. The molecule has 2 aliphatic rings. The lowest BCUT2D eigenvalue weighted by Crippen LogP contribution is -2.41. The molecule has 2 aromatic rings. The summed E-state index contributed by atoms with van der Waals surface area (Å²) >= 11 is 6.06. The zero-order valence-corrected chi connectivity index (χ0v) is 14.5. The third kappa shape index (κ3) is 3.38. The van der Waals surface area contributed by atoms with Crippen molar-refractivity contribution in [1.82, 2.24) is 5.32 Å². The predicted molar refractivity (Wildman–Crippen MR) is 94.1 cm³/mol. The van der Waals surface area contributed by atoms with E-state index in [1.54, 1.807) is 24.3 Å². The topological polar surface area (TPSA) is 21.3 Å². The average molecular weight is 364 g/mol. The molecule has 0 heterocycles. The molecule has 0 bridgehead atoms. The van der Waals surface area contributed by atoms with Crippen LogP contribution in [0.3, 0.4) is 0 Å². The largest absolute Gasteiger partial charge is 0.481 e. The van der Waals surface area contributed by atoms with Gasteiger partial charge in [0.15, 0.2) is 11.6 Å². The van der Waals surface area contributed by atoms with E-state index in [0.29, 0.717) is 28.6 Å². The molecule has 0 amide bonds. The van der Waals surface area contributed by atoms with Crippen LogP contribution in [-0.2, 0) is 6.42 Å². The van der Waals surface area contributed by atoms with Gasteiger partial charge < -0.3 is 10.1 Å². The van der Waals surface area contributed by atoms with Crippen molar-refractivity contribution in [3.63, 3.8) is 0 Å². The van der Waals surface area contributed by atoms with Gasteiger partial charge in [-0.05, 0) is 49.1 Å². The van der Waals surface area contributed by atoms with E-state index in [1.165, 1.54) is 25.0 Å². The lowest BCUT2D eigenvalue weighted by molar-refractivity contribution is 0.153. The van der Waals surface area contributed by atoms with Crippen molar-refractivity contribution >= 4 is 11.6 Å². The first kappa shape index (κ1) is 16.8. The number of halogens is 3. The Labute approximate surface area is 151 Å². The minimum atomic E-state index is -0.458. The predicted octanol–water partition coefficient (Wildman–Crippen LogP) is 5.20. The summed E-state index contributed by atoms with van der Waals surface area (Å²) in [6, 6.07) is 9.70. The fourth-order valence-electron chi connectivity index (χ4n) is 4.00. The first-order valence-corrected chi connectivity index (χ1v) is 9.14. The molecule has 0 aliphatic heterocycles. The van der Waals surface area contributed by atoms with E-state index in [2.05, 4.69) is 5.32 Å². The van der Waals surface area contributed by atoms with Gasteiger partial charge in [0.25, 0.3) is 0 Å². The van der Waals surface area contributed by atoms with Gasteiger partial charge in [-0.1, -0.05) is 36.6 Å². The Bertz CT molecular complexity index is 776. The van der Waals surface area contributed by atoms with Crippen molar-refractivity contribution in [3.8, 4) is 5.75 Å². The van der Waals surface area contributed by atoms with Gasteiger partial charge in [-0.15, -0.1) is 0 Å². The third-order valence-corrected chi connectivity index (χ3v) is 5.40. The van der Waals surface area contributed by atoms with E-state index in [1.807, 2.05) is 0 Å². The third-order valence-electron chi connectivity index (χ3n) is 5.19. The van der Waals surface area contributed by atoms with Gasteiger partial charge in [-0.3, -0.25) is 0 Å². The fourth-order valence-corrected chi connectivity index (χ4v) is 4.21. The summed E-state index contributed by atoms with van der Waals surface area (Å²) in [6.07, 6.45) is 4.70. The molecule has 4 rings (SSSR count). The summed E-state index contributed by atoms with van der Waals surface area (Å²) in [7, 11) is 0. The number of benzene rings is 2. The maximum absolute atomic E-state index is 14.4. The molecule has 0 unspecified atom stereocenters. The molecule has 0 aromatic heterocycles. The van der Waals surface area contributed by atoms with Gasteiger partial charge in [0.05, 0.1) is 6.04 Å². The van der Waals surface area contributed by atoms with Gasteiger partial charge in [-0.2, -0.15) is 0 Å². The standard InChI is InChI=1S/C20H20ClF2NO/c21-12-9-15-14(17(23)10-12)11-18(24-13-5-1-2-6-13)20(15)25-19-8-4-3-7-16(19)22/h3-4,7-10,13,18,20,24H,1-2,5-6,11H2/t18-,20-/m0/s1. The second kappa shape index (κ2) is 6.93. The molecule has 25 heavy (non-hydrogen) atoms. The summed E-state index contributed by atoms with van der Waals surface area (Å²) in [6.45, 7) is 0. The van der Waals surface area contributed by atoms with E-state index in [9.17, 15) is 8.78 Å². The lowest BCUT2D eigenvalue weighted by atomic mass is 10.1. The number of nitrogens with one attached hydrogen (secondary N) is 1. The fraction of sp³-hybridized carbons (Fsp3) is 0.400. The molecular weight excluding hydrogens is 344 g/mol. The highest BCUT2D eigenvalue weighted by Crippen LogP contribution is 2.39. The second-order valence-corrected chi connectivity index (χ2v) is 7.32. The maximum Gasteiger partial charge on any atom is 0.165 e. The molecule has 0 spiro atoms. The van der Waals surface area contributed by atoms with Crippen LogP contribution in [0, 0.1) is 11.6 Å². The summed E-state index contributed by atoms with van der Waals surface area (Å²) in [5, 5.41) is 3.94. The smallest absolute Gasteiger partial charge is 0.165 e. The highest BCUT2D eigenvalue weighted by Gasteiger charge is 2.38. The van der Waals surface area contributed by atoms with Crippen molar-refractivity contribution in [2.75, 3.05) is 0 Å². The molecule has 132 valence electrons. The van der Waals surface area contributed by atoms with Gasteiger partial charge in [0.2, 0.25) is 0 Å². The van der Waals surface area contributed by atoms with Crippen LogP contribution in [0.4, 0.5) is 8.78 Å². The van der Waals surface area contributed by atoms with Crippen LogP contribution in [0.15, 0.2) is 36.4 Å². The number of para-hydroxylation sites is 1. The van der Waals surface area contributed by atoms with E-state index in [0.717, 1.165) is 12.8 Å². The molecule has 2 nitrogen and oxygen atoms in total. The summed E-state index contributed by atoms with van der Waals surface area (Å²) in [4.78, 5) is 0. The Hall–Kier alpha value is -1.65. The van der Waals surface area contributed by atoms with Gasteiger partial charge in [0, 0.05) is 16.6 Å². The van der Waals surface area contributed by atoms with Crippen LogP contribution in [0.25, 0.3) is 0 Å². The Morgan fingerprint density at radius 1 is 1.04 bits per heavy atom. The van der Waals surface area contributed by atoms with E-state index in [4.69, 9.17) is 16.3 Å². The number of rotatable bonds is 4. The Kier molecular flexibility index (Phi) is 4.65. The molecule has 1 saturated carbocycles. The molecule has 0 saturated heterocycles. The van der Waals surface area contributed by atoms with Gasteiger partial charge in [0.1, 0.15) is 11.9 Å². The Morgan fingerprint density at radius 2 is 1.80 bits per heavy atom. The second-order valence-electron chi connectivity index (χ2n) is 6.88. The number of ether oxygens (including phenoxy) is 1. The van der Waals surface area contributed by atoms with E-state index < -0.39 is 11.9 Å². The van der Waals surface area contributed by atoms with Crippen LogP contribution in [-0.4, -0.2) is 12.1 Å². The lowest BCUT2D eigenvalue weighted by Gasteiger charge is -2.26. The number of fused-ring (bicyclic) bond motifs is 1. The van der Waals surface area contributed by atoms with Crippen LogP contribution in [0.5, 0.6) is 5.75 Å². The van der Waals surface area contributed by atoms with Crippen molar-refractivity contribution in [2.45, 2.75) is 50.3 Å². The molecule has 2 atom stereocenters. The molecule has 0 radical (unpaired) electrons. The van der Waals surface area contributed by atoms with Crippen LogP contribution < -0.4 is 10.1 Å². The molecular formula is C20H20ClF2NO. The summed E-state index contributed by atoms with van der Waals surface area (Å²) in [5.41, 5.74) is 1.32. The van der Waals surface area contributed by atoms with E-state index >= 15 is 0 Å². The maximum atomic E-state index is 14.4. The van der Waals surface area contributed by atoms with Crippen LogP contribution in [0.1, 0.15) is 42.9 Å². The number of hydrogen-bond donors (Lipinski definition) is 1. The summed E-state index contributed by atoms with van der Waals surface area (Å²) in [5.74, 6) is -0.558. The normalized spacial score (nSPS) is 23.0. The van der Waals surface area contributed by atoms with Crippen molar-refractivity contribution < 1.29 is 13.5 Å². The van der Waals surface area contributed by atoms with Gasteiger partial charge >= 0.3 is 0 Å². The van der Waals surface area contributed by atoms with Crippen LogP contribution in [0.2, 0.25) is 5.02 Å². The zero-order valence-electron chi connectivity index (χ0n) is 13.8. The first-order chi connectivity index (χ1) is 12.1.